The van der Waals surface area contributed by atoms with Gasteiger partial charge in [-0.2, -0.15) is 11.6 Å². The van der Waals surface area contributed by atoms with Crippen molar-refractivity contribution in [3.8, 4) is 11.5 Å². The van der Waals surface area contributed by atoms with Crippen molar-refractivity contribution in [1.29, 1.82) is 0 Å². The Bertz CT molecular complexity index is 429. The topological polar surface area (TPSA) is 61.6 Å². The Morgan fingerprint density at radius 3 is 2.83 bits per heavy atom. The number of nitro groups is 1. The minimum atomic E-state index is -0.627. The highest BCUT2D eigenvalue weighted by Crippen LogP contribution is 2.28. The minimum Gasteiger partial charge on any atom is -0.494 e. The molecule has 0 aliphatic rings. The summed E-state index contributed by atoms with van der Waals surface area (Å²) in [5.74, 6) is 1.20. The molecule has 0 spiro atoms. The quantitative estimate of drug-likeness (QED) is 0.245. The molecule has 0 fully saturated rings. The van der Waals surface area contributed by atoms with Crippen molar-refractivity contribution < 1.29 is 14.4 Å². The van der Waals surface area contributed by atoms with Crippen LogP contribution in [0.5, 0.6) is 11.5 Å². The van der Waals surface area contributed by atoms with Gasteiger partial charge in [0.15, 0.2) is 5.75 Å². The van der Waals surface area contributed by atoms with Crippen molar-refractivity contribution in [3.05, 3.63) is 40.1 Å². The van der Waals surface area contributed by atoms with Crippen molar-refractivity contribution in [3.63, 3.8) is 0 Å². The molecule has 5 nitrogen and oxygen atoms in total. The first-order valence-electron chi connectivity index (χ1n) is 5.72. The lowest BCUT2D eigenvalue weighted by Crippen LogP contribution is -1.99. The molecule has 98 valence electrons. The van der Waals surface area contributed by atoms with Crippen molar-refractivity contribution in [2.24, 2.45) is 0 Å². The first kappa shape index (κ1) is 14.0. The van der Waals surface area contributed by atoms with Crippen LogP contribution in [0.2, 0.25) is 0 Å². The molecule has 1 aromatic carbocycles. The number of hydrogen-bond donors (Lipinski definition) is 0. The second-order valence-corrected chi connectivity index (χ2v) is 3.64. The summed E-state index contributed by atoms with van der Waals surface area (Å²) >= 11 is 0. The van der Waals surface area contributed by atoms with Gasteiger partial charge in [0.1, 0.15) is 11.9 Å². The molecular weight excluding hydrogens is 234 g/mol. The van der Waals surface area contributed by atoms with E-state index in [2.05, 4.69) is 6.92 Å². The SMILES string of the molecule is CCCCOc1ccc(C=[C-][N+](=O)[O-])cc1OC. The van der Waals surface area contributed by atoms with Gasteiger partial charge in [0, 0.05) is 0 Å². The number of benzene rings is 1. The van der Waals surface area contributed by atoms with E-state index in [0.29, 0.717) is 23.7 Å². The monoisotopic (exact) mass is 250 g/mol. The highest BCUT2D eigenvalue weighted by molar-refractivity contribution is 5.54. The van der Waals surface area contributed by atoms with Gasteiger partial charge in [0.2, 0.25) is 0 Å². The largest absolute Gasteiger partial charge is 0.494 e. The standard InChI is InChI=1S/C13H16NO4/c1-3-4-9-18-12-6-5-11(7-8-14(15)16)10-13(12)17-2/h5-7,10H,3-4,9H2,1-2H3/q-1. The molecule has 0 aliphatic heterocycles. The van der Waals surface area contributed by atoms with Crippen molar-refractivity contribution in [2.75, 3.05) is 13.7 Å². The third-order valence-corrected chi connectivity index (χ3v) is 2.28. The summed E-state index contributed by atoms with van der Waals surface area (Å²) in [5.41, 5.74) is 0.645. The number of methoxy groups -OCH3 is 1. The van der Waals surface area contributed by atoms with Gasteiger partial charge < -0.3 is 9.47 Å². The van der Waals surface area contributed by atoms with Gasteiger partial charge in [-0.05, 0) is 17.4 Å². The maximum absolute atomic E-state index is 10.2. The van der Waals surface area contributed by atoms with Crippen LogP contribution in [0.4, 0.5) is 0 Å². The fourth-order valence-electron chi connectivity index (χ4n) is 1.35. The van der Waals surface area contributed by atoms with Crippen LogP contribution >= 0.6 is 0 Å². The molecule has 0 amide bonds. The van der Waals surface area contributed by atoms with Gasteiger partial charge in [-0.15, -0.1) is 6.07 Å². The zero-order valence-electron chi connectivity index (χ0n) is 10.5. The summed E-state index contributed by atoms with van der Waals surface area (Å²) in [7, 11) is 1.53. The summed E-state index contributed by atoms with van der Waals surface area (Å²) in [6, 6.07) is 5.14. The van der Waals surface area contributed by atoms with Crippen molar-refractivity contribution >= 4 is 6.08 Å². The van der Waals surface area contributed by atoms with E-state index in [4.69, 9.17) is 9.47 Å². The molecule has 0 saturated heterocycles. The normalized spacial score (nSPS) is 10.6. The summed E-state index contributed by atoms with van der Waals surface area (Å²) < 4.78 is 10.7. The van der Waals surface area contributed by atoms with Crippen molar-refractivity contribution in [2.45, 2.75) is 19.8 Å². The molecule has 0 unspecified atom stereocenters. The van der Waals surface area contributed by atoms with Gasteiger partial charge in [0.25, 0.3) is 0 Å². The summed E-state index contributed by atoms with van der Waals surface area (Å²) in [5, 5.41) is 10.2. The van der Waals surface area contributed by atoms with Gasteiger partial charge in [0.05, 0.1) is 13.7 Å². The molecule has 0 aromatic heterocycles. The highest BCUT2D eigenvalue weighted by Gasteiger charge is 2.01. The van der Waals surface area contributed by atoms with E-state index in [-0.39, 0.29) is 0 Å². The van der Waals surface area contributed by atoms with Crippen LogP contribution in [0.3, 0.4) is 0 Å². The van der Waals surface area contributed by atoms with Gasteiger partial charge in [-0.3, -0.25) is 10.1 Å². The predicted octanol–water partition coefficient (Wildman–Crippen LogP) is 2.92. The Balaban J connectivity index is 2.79. The molecule has 0 aliphatic carbocycles. The molecule has 0 heterocycles. The molecule has 0 atom stereocenters. The molecule has 0 N–H and O–H groups in total. The average molecular weight is 250 g/mol. The van der Waals surface area contributed by atoms with Gasteiger partial charge in [-0.1, -0.05) is 19.4 Å². The van der Waals surface area contributed by atoms with Crippen LogP contribution in [0.15, 0.2) is 18.2 Å². The maximum Gasteiger partial charge on any atom is 0.158 e. The second-order valence-electron chi connectivity index (χ2n) is 3.64. The van der Waals surface area contributed by atoms with Crippen LogP contribution in [0, 0.1) is 16.3 Å². The fourth-order valence-corrected chi connectivity index (χ4v) is 1.35. The Morgan fingerprint density at radius 1 is 1.44 bits per heavy atom. The Kier molecular flexibility index (Phi) is 5.70. The first-order valence-corrected chi connectivity index (χ1v) is 5.72. The van der Waals surface area contributed by atoms with E-state index in [1.54, 1.807) is 18.2 Å². The average Bonchev–Trinajstić information content (AvgIpc) is 2.37. The summed E-state index contributed by atoms with van der Waals surface area (Å²) in [6.07, 6.45) is 5.30. The van der Waals surface area contributed by atoms with Crippen LogP contribution in [0.1, 0.15) is 25.3 Å². The Morgan fingerprint density at radius 2 is 2.22 bits per heavy atom. The molecule has 1 aromatic rings. The lowest BCUT2D eigenvalue weighted by atomic mass is 10.2. The first-order chi connectivity index (χ1) is 8.67. The zero-order valence-corrected chi connectivity index (χ0v) is 10.5. The Labute approximate surface area is 106 Å². The lowest BCUT2D eigenvalue weighted by Gasteiger charge is -2.13. The van der Waals surface area contributed by atoms with E-state index in [1.807, 2.05) is 6.20 Å². The molecule has 0 radical (unpaired) electrons. The van der Waals surface area contributed by atoms with E-state index in [0.717, 1.165) is 12.8 Å². The summed E-state index contributed by atoms with van der Waals surface area (Å²) in [4.78, 5) is 9.55. The second kappa shape index (κ2) is 7.32. The number of ether oxygens (including phenoxy) is 2. The fraction of sp³-hybridized carbons (Fsp3) is 0.385. The van der Waals surface area contributed by atoms with Crippen molar-refractivity contribution in [1.82, 2.24) is 0 Å². The predicted molar refractivity (Wildman–Crippen MR) is 68.1 cm³/mol. The molecule has 5 heteroatoms. The third-order valence-electron chi connectivity index (χ3n) is 2.28. The van der Waals surface area contributed by atoms with E-state index < -0.39 is 4.92 Å². The van der Waals surface area contributed by atoms with E-state index in [9.17, 15) is 10.1 Å². The van der Waals surface area contributed by atoms with Crippen LogP contribution in [0.25, 0.3) is 6.08 Å². The van der Waals surface area contributed by atoms with Crippen LogP contribution < -0.4 is 9.47 Å². The van der Waals surface area contributed by atoms with Gasteiger partial charge >= 0.3 is 0 Å². The molecule has 0 saturated carbocycles. The zero-order chi connectivity index (χ0) is 13.4. The number of rotatable bonds is 7. The minimum absolute atomic E-state index is 0.560. The highest BCUT2D eigenvalue weighted by atomic mass is 16.6. The molecule has 18 heavy (non-hydrogen) atoms. The molecule has 0 bridgehead atoms. The third kappa shape index (κ3) is 4.45. The number of unbranched alkanes of at least 4 members (excludes halogenated alkanes) is 1. The summed E-state index contributed by atoms with van der Waals surface area (Å²) in [6.45, 7) is 2.71. The molecule has 1 rings (SSSR count). The van der Waals surface area contributed by atoms with Crippen LogP contribution in [-0.4, -0.2) is 18.6 Å². The lowest BCUT2D eigenvalue weighted by molar-refractivity contribution is -0.417. The van der Waals surface area contributed by atoms with E-state index >= 15 is 0 Å². The van der Waals surface area contributed by atoms with Crippen LogP contribution in [-0.2, 0) is 0 Å². The molecular formula is C13H16NO4-. The van der Waals surface area contributed by atoms with Gasteiger partial charge in [-0.25, -0.2) is 0 Å². The Hall–Kier alpha value is -2.04. The maximum atomic E-state index is 10.2. The van der Waals surface area contributed by atoms with E-state index in [1.165, 1.54) is 13.2 Å². The number of nitrogens with zero attached hydrogens (tertiary/aromatic N) is 1. The number of hydrogen-bond acceptors (Lipinski definition) is 4. The smallest absolute Gasteiger partial charge is 0.158 e.